The first-order valence-corrected chi connectivity index (χ1v) is 7.47. The van der Waals surface area contributed by atoms with Gasteiger partial charge in [0.15, 0.2) is 0 Å². The molecular weight excluding hydrogens is 308 g/mol. The van der Waals surface area contributed by atoms with Crippen LogP contribution < -0.4 is 0 Å². The smallest absolute Gasteiger partial charge is 0.144 e. The Bertz CT molecular complexity index is 849. The minimum Gasteiger partial charge on any atom is -0.463 e. The van der Waals surface area contributed by atoms with Crippen molar-refractivity contribution >= 4 is 23.5 Å². The average molecular weight is 321 g/mol. The zero-order valence-electron chi connectivity index (χ0n) is 12.2. The normalized spacial score (nSPS) is 12.2. The van der Waals surface area contributed by atoms with E-state index in [1.54, 1.807) is 24.6 Å². The van der Waals surface area contributed by atoms with Crippen LogP contribution in [0.2, 0.25) is 5.02 Å². The molecule has 0 saturated heterocycles. The number of nitrogens with zero attached hydrogens (tertiary/aromatic N) is 2. The number of aliphatic imine (C=N–C) groups is 1. The monoisotopic (exact) mass is 320 g/mol. The van der Waals surface area contributed by atoms with Crippen LogP contribution >= 0.6 is 11.6 Å². The van der Waals surface area contributed by atoms with Crippen LogP contribution in [0.1, 0.15) is 22.8 Å². The van der Waals surface area contributed by atoms with Gasteiger partial charge in [-0.25, -0.2) is 0 Å². The summed E-state index contributed by atoms with van der Waals surface area (Å²) in [6.07, 6.45) is 3.22. The molecule has 1 atom stereocenters. The zero-order valence-corrected chi connectivity index (χ0v) is 12.9. The van der Waals surface area contributed by atoms with Gasteiger partial charge in [-0.1, -0.05) is 48.0 Å². The highest BCUT2D eigenvalue weighted by Gasteiger charge is 2.16. The minimum atomic E-state index is -0.396. The molecule has 0 spiro atoms. The number of nitriles is 1. The first-order valence-electron chi connectivity index (χ1n) is 7.09. The second-order valence-corrected chi connectivity index (χ2v) is 5.36. The van der Waals surface area contributed by atoms with E-state index >= 15 is 0 Å². The van der Waals surface area contributed by atoms with E-state index in [2.05, 4.69) is 11.1 Å². The van der Waals surface area contributed by atoms with E-state index in [1.165, 1.54) is 0 Å². The maximum absolute atomic E-state index is 9.50. The van der Waals surface area contributed by atoms with Crippen LogP contribution in [0, 0.1) is 11.3 Å². The quantitative estimate of drug-likeness (QED) is 0.609. The van der Waals surface area contributed by atoms with E-state index in [4.69, 9.17) is 16.0 Å². The summed E-state index contributed by atoms with van der Waals surface area (Å²) in [4.78, 5) is 4.32. The number of benzene rings is 2. The Balaban J connectivity index is 1.88. The lowest BCUT2D eigenvalue weighted by Gasteiger charge is -2.12. The predicted molar refractivity (Wildman–Crippen MR) is 91.3 cm³/mol. The third-order valence-electron chi connectivity index (χ3n) is 3.44. The lowest BCUT2D eigenvalue weighted by Crippen LogP contribution is -1.98. The maximum atomic E-state index is 9.50. The molecular formula is C19H13ClN2O. The summed E-state index contributed by atoms with van der Waals surface area (Å²) in [5.74, 6) is 0.274. The second kappa shape index (κ2) is 6.95. The molecule has 1 unspecified atom stereocenters. The first kappa shape index (κ1) is 15.1. The molecule has 23 heavy (non-hydrogen) atoms. The number of rotatable bonds is 4. The van der Waals surface area contributed by atoms with Crippen LogP contribution in [0.4, 0.5) is 5.69 Å². The van der Waals surface area contributed by atoms with Gasteiger partial charge in [0, 0.05) is 5.02 Å². The standard InChI is InChI=1S/C19H13ClN2O/c20-19-11-15(22-13-16-7-4-10-23-16)8-9-17(19)18(12-21)14-5-2-1-3-6-14/h1-11,13,18H. The first-order chi connectivity index (χ1) is 11.3. The van der Waals surface area contributed by atoms with E-state index < -0.39 is 5.92 Å². The third-order valence-corrected chi connectivity index (χ3v) is 3.77. The summed E-state index contributed by atoms with van der Waals surface area (Å²) in [6, 6.07) is 21.0. The molecule has 112 valence electrons. The van der Waals surface area contributed by atoms with E-state index in [1.807, 2.05) is 48.5 Å². The SMILES string of the molecule is N#CC(c1ccccc1)c1ccc(N=Cc2ccco2)cc1Cl. The fourth-order valence-electron chi connectivity index (χ4n) is 2.30. The number of hydrogen-bond donors (Lipinski definition) is 0. The summed E-state index contributed by atoms with van der Waals surface area (Å²) in [7, 11) is 0. The Kier molecular flexibility index (Phi) is 4.56. The van der Waals surface area contributed by atoms with Gasteiger partial charge < -0.3 is 4.42 Å². The molecule has 0 saturated carbocycles. The lowest BCUT2D eigenvalue weighted by molar-refractivity contribution is 0.560. The molecule has 0 radical (unpaired) electrons. The van der Waals surface area contributed by atoms with Crippen LogP contribution in [-0.4, -0.2) is 6.21 Å². The highest BCUT2D eigenvalue weighted by Crippen LogP contribution is 2.32. The van der Waals surface area contributed by atoms with E-state index in [0.717, 1.165) is 11.1 Å². The number of halogens is 1. The molecule has 0 aliphatic heterocycles. The van der Waals surface area contributed by atoms with E-state index in [0.29, 0.717) is 16.5 Å². The maximum Gasteiger partial charge on any atom is 0.144 e. The molecule has 3 aromatic rings. The molecule has 4 heteroatoms. The molecule has 0 fully saturated rings. The van der Waals surface area contributed by atoms with Crippen LogP contribution in [0.25, 0.3) is 0 Å². The Morgan fingerprint density at radius 3 is 2.57 bits per heavy atom. The lowest BCUT2D eigenvalue weighted by atomic mass is 9.92. The van der Waals surface area contributed by atoms with Crippen molar-refractivity contribution in [2.24, 2.45) is 4.99 Å². The Morgan fingerprint density at radius 1 is 1.09 bits per heavy atom. The van der Waals surface area contributed by atoms with Gasteiger partial charge in [0.1, 0.15) is 5.76 Å². The van der Waals surface area contributed by atoms with E-state index in [-0.39, 0.29) is 0 Å². The summed E-state index contributed by atoms with van der Waals surface area (Å²) < 4.78 is 5.20. The number of hydrogen-bond acceptors (Lipinski definition) is 3. The molecule has 0 aliphatic carbocycles. The van der Waals surface area contributed by atoms with Crippen molar-refractivity contribution in [1.29, 1.82) is 5.26 Å². The Morgan fingerprint density at radius 2 is 1.91 bits per heavy atom. The van der Waals surface area contributed by atoms with Crippen molar-refractivity contribution in [2.45, 2.75) is 5.92 Å². The molecule has 3 nitrogen and oxygen atoms in total. The van der Waals surface area contributed by atoms with Crippen molar-refractivity contribution in [3.05, 3.63) is 88.8 Å². The second-order valence-electron chi connectivity index (χ2n) is 4.95. The van der Waals surface area contributed by atoms with Crippen LogP contribution in [0.5, 0.6) is 0 Å². The van der Waals surface area contributed by atoms with Gasteiger partial charge in [-0.3, -0.25) is 4.99 Å². The Hall–Kier alpha value is -2.83. The van der Waals surface area contributed by atoms with Crippen LogP contribution in [0.15, 0.2) is 76.3 Å². The van der Waals surface area contributed by atoms with Crippen LogP contribution in [-0.2, 0) is 0 Å². The van der Waals surface area contributed by atoms with E-state index in [9.17, 15) is 5.26 Å². The highest BCUT2D eigenvalue weighted by molar-refractivity contribution is 6.31. The fourth-order valence-corrected chi connectivity index (χ4v) is 2.59. The summed E-state index contributed by atoms with van der Waals surface area (Å²) in [6.45, 7) is 0. The molecule has 0 bridgehead atoms. The van der Waals surface area contributed by atoms with Gasteiger partial charge in [0.25, 0.3) is 0 Å². The molecule has 2 aromatic carbocycles. The van der Waals surface area contributed by atoms with Crippen molar-refractivity contribution in [2.75, 3.05) is 0 Å². The van der Waals surface area contributed by atoms with Gasteiger partial charge in [0.05, 0.1) is 30.2 Å². The average Bonchev–Trinajstić information content (AvgIpc) is 3.10. The molecule has 0 amide bonds. The predicted octanol–water partition coefficient (Wildman–Crippen LogP) is 5.34. The van der Waals surface area contributed by atoms with Gasteiger partial charge in [0.2, 0.25) is 0 Å². The molecule has 0 N–H and O–H groups in total. The van der Waals surface area contributed by atoms with Crippen LogP contribution in [0.3, 0.4) is 0 Å². The van der Waals surface area contributed by atoms with Crippen molar-refractivity contribution in [1.82, 2.24) is 0 Å². The molecule has 3 rings (SSSR count). The fraction of sp³-hybridized carbons (Fsp3) is 0.0526. The topological polar surface area (TPSA) is 49.3 Å². The largest absolute Gasteiger partial charge is 0.463 e. The Labute approximate surface area is 139 Å². The molecule has 0 aliphatic rings. The third kappa shape index (κ3) is 3.50. The van der Waals surface area contributed by atoms with Crippen molar-refractivity contribution < 1.29 is 4.42 Å². The van der Waals surface area contributed by atoms with Crippen molar-refractivity contribution in [3.63, 3.8) is 0 Å². The zero-order chi connectivity index (χ0) is 16.1. The van der Waals surface area contributed by atoms with Gasteiger partial charge in [-0.05, 0) is 35.4 Å². The van der Waals surface area contributed by atoms with Gasteiger partial charge >= 0.3 is 0 Å². The van der Waals surface area contributed by atoms with Crippen molar-refractivity contribution in [3.8, 4) is 6.07 Å². The molecule has 1 aromatic heterocycles. The summed E-state index contributed by atoms with van der Waals surface area (Å²) >= 11 is 6.36. The summed E-state index contributed by atoms with van der Waals surface area (Å²) in [5, 5.41) is 10.0. The minimum absolute atomic E-state index is 0.396. The van der Waals surface area contributed by atoms with Gasteiger partial charge in [-0.2, -0.15) is 5.26 Å². The molecule has 1 heterocycles. The highest BCUT2D eigenvalue weighted by atomic mass is 35.5. The number of furan rings is 1. The van der Waals surface area contributed by atoms with Gasteiger partial charge in [-0.15, -0.1) is 0 Å². The summed E-state index contributed by atoms with van der Waals surface area (Å²) in [5.41, 5.74) is 2.40.